The summed E-state index contributed by atoms with van der Waals surface area (Å²) in [6, 6.07) is 10.3. The number of likely N-dealkylation sites (N-methyl/N-ethyl adjacent to an activating group) is 1. The van der Waals surface area contributed by atoms with Crippen molar-refractivity contribution in [3.63, 3.8) is 0 Å². The van der Waals surface area contributed by atoms with E-state index in [2.05, 4.69) is 27.1 Å². The van der Waals surface area contributed by atoms with Gasteiger partial charge >= 0.3 is 0 Å². The van der Waals surface area contributed by atoms with Crippen molar-refractivity contribution >= 4 is 23.3 Å². The lowest BCUT2D eigenvalue weighted by atomic mass is 10.00. The molecule has 0 bridgehead atoms. The molecule has 4 rings (SSSR count). The number of ketones is 1. The zero-order valence-electron chi connectivity index (χ0n) is 22.2. The zero-order valence-corrected chi connectivity index (χ0v) is 22.2. The normalized spacial score (nSPS) is 13.8. The monoisotopic (exact) mass is 519 g/mol. The highest BCUT2D eigenvalue weighted by atomic mass is 19.1. The Labute approximate surface area is 222 Å². The number of aromatic nitrogens is 2. The fourth-order valence-corrected chi connectivity index (χ4v) is 4.45. The number of methoxy groups -OCH3 is 1. The van der Waals surface area contributed by atoms with Gasteiger partial charge in [0.25, 0.3) is 5.91 Å². The fourth-order valence-electron chi connectivity index (χ4n) is 4.45. The van der Waals surface area contributed by atoms with Gasteiger partial charge in [0.15, 0.2) is 17.3 Å². The van der Waals surface area contributed by atoms with E-state index in [4.69, 9.17) is 4.74 Å². The predicted molar refractivity (Wildman–Crippen MR) is 145 cm³/mol. The largest absolute Gasteiger partial charge is 0.494 e. The Balaban J connectivity index is 1.34. The Morgan fingerprint density at radius 1 is 0.974 bits per heavy atom. The summed E-state index contributed by atoms with van der Waals surface area (Å²) >= 11 is 0. The smallest absolute Gasteiger partial charge is 0.253 e. The van der Waals surface area contributed by atoms with E-state index in [9.17, 15) is 14.0 Å². The molecule has 200 valence electrons. The molecule has 1 fully saturated rings. The summed E-state index contributed by atoms with van der Waals surface area (Å²) in [5.74, 6) is 0.0281. The summed E-state index contributed by atoms with van der Waals surface area (Å²) < 4.78 is 19.9. The Hall–Kier alpha value is -3.85. The molecule has 2 aromatic carbocycles. The number of aryl methyl sites for hydroxylation is 2. The predicted octanol–water partition coefficient (Wildman–Crippen LogP) is 4.52. The maximum Gasteiger partial charge on any atom is 0.253 e. The van der Waals surface area contributed by atoms with Crippen LogP contribution in [0.2, 0.25) is 0 Å². The third-order valence-corrected chi connectivity index (χ3v) is 6.86. The maximum atomic E-state index is 14.7. The molecule has 1 aliphatic rings. The van der Waals surface area contributed by atoms with Gasteiger partial charge in [0.2, 0.25) is 5.95 Å². The number of amides is 1. The van der Waals surface area contributed by atoms with Crippen molar-refractivity contribution < 1.29 is 18.7 Å². The first-order valence-electron chi connectivity index (χ1n) is 13.0. The van der Waals surface area contributed by atoms with Crippen LogP contribution in [-0.4, -0.2) is 71.3 Å². The SMILES string of the molecule is CCC(=O)c1cc(CCc2cnc(Nc3ccc(C(=O)N4CCN(CC)CC4)cc3)nc2)c(F)c(OC)c1. The van der Waals surface area contributed by atoms with Gasteiger partial charge in [-0.2, -0.15) is 0 Å². The number of Topliss-reactive ketones (excluding diaryl/α,β-unsaturated/α-hetero) is 1. The second-order valence-electron chi connectivity index (χ2n) is 9.27. The molecule has 0 radical (unpaired) electrons. The van der Waals surface area contributed by atoms with Gasteiger partial charge in [-0.15, -0.1) is 0 Å². The van der Waals surface area contributed by atoms with Crippen LogP contribution in [0.25, 0.3) is 0 Å². The van der Waals surface area contributed by atoms with Gasteiger partial charge in [0, 0.05) is 61.8 Å². The van der Waals surface area contributed by atoms with E-state index in [0.717, 1.165) is 44.0 Å². The Kier molecular flexibility index (Phi) is 9.02. The van der Waals surface area contributed by atoms with Crippen molar-refractivity contribution in [3.05, 3.63) is 76.9 Å². The molecule has 1 saturated heterocycles. The van der Waals surface area contributed by atoms with Crippen molar-refractivity contribution in [2.24, 2.45) is 0 Å². The molecule has 1 aliphatic heterocycles. The molecule has 1 aromatic heterocycles. The van der Waals surface area contributed by atoms with E-state index in [-0.39, 0.29) is 17.4 Å². The number of ether oxygens (including phenoxy) is 1. The number of carbonyl (C=O) groups is 2. The lowest BCUT2D eigenvalue weighted by Gasteiger charge is -2.34. The third-order valence-electron chi connectivity index (χ3n) is 6.86. The Bertz CT molecular complexity index is 1260. The number of benzene rings is 2. The third kappa shape index (κ3) is 6.52. The molecule has 1 N–H and O–H groups in total. The minimum Gasteiger partial charge on any atom is -0.494 e. The van der Waals surface area contributed by atoms with Crippen LogP contribution in [0.5, 0.6) is 5.75 Å². The van der Waals surface area contributed by atoms with Gasteiger partial charge in [-0.25, -0.2) is 14.4 Å². The quantitative estimate of drug-likeness (QED) is 0.394. The van der Waals surface area contributed by atoms with Crippen molar-refractivity contribution in [2.45, 2.75) is 33.1 Å². The van der Waals surface area contributed by atoms with Crippen LogP contribution < -0.4 is 10.1 Å². The van der Waals surface area contributed by atoms with Crippen LogP contribution in [0.1, 0.15) is 52.1 Å². The van der Waals surface area contributed by atoms with Crippen molar-refractivity contribution in [3.8, 4) is 5.75 Å². The van der Waals surface area contributed by atoms with E-state index >= 15 is 0 Å². The molecule has 0 saturated carbocycles. The molecule has 2 heterocycles. The minimum absolute atomic E-state index is 0.0477. The van der Waals surface area contributed by atoms with Gasteiger partial charge in [-0.3, -0.25) is 9.59 Å². The number of halogens is 1. The summed E-state index contributed by atoms with van der Waals surface area (Å²) in [5, 5.41) is 3.15. The second-order valence-corrected chi connectivity index (χ2v) is 9.27. The highest BCUT2D eigenvalue weighted by molar-refractivity contribution is 5.96. The van der Waals surface area contributed by atoms with E-state index in [0.29, 0.717) is 41.9 Å². The Morgan fingerprint density at radius 2 is 1.66 bits per heavy atom. The van der Waals surface area contributed by atoms with Crippen molar-refractivity contribution in [2.75, 3.05) is 45.2 Å². The van der Waals surface area contributed by atoms with Gasteiger partial charge < -0.3 is 19.9 Å². The standard InChI is InChI=1S/C29H34FN5O3/c1-4-25(36)23-16-22(27(30)26(17-23)38-3)7-6-20-18-31-29(32-19-20)33-24-10-8-21(9-11-24)28(37)35-14-12-34(5-2)13-15-35/h8-11,16-19H,4-7,12-15H2,1-3H3,(H,31,32,33). The second kappa shape index (κ2) is 12.6. The number of hydrogen-bond donors (Lipinski definition) is 1. The lowest BCUT2D eigenvalue weighted by Crippen LogP contribution is -2.48. The lowest BCUT2D eigenvalue weighted by molar-refractivity contribution is 0.0643. The van der Waals surface area contributed by atoms with E-state index in [1.54, 1.807) is 25.4 Å². The van der Waals surface area contributed by atoms with Crippen LogP contribution in [0.4, 0.5) is 16.0 Å². The number of carbonyl (C=O) groups excluding carboxylic acids is 2. The zero-order chi connectivity index (χ0) is 27.1. The van der Waals surface area contributed by atoms with Gasteiger partial charge in [0.05, 0.1) is 7.11 Å². The molecule has 38 heavy (non-hydrogen) atoms. The summed E-state index contributed by atoms with van der Waals surface area (Å²) in [4.78, 5) is 37.9. The Morgan fingerprint density at radius 3 is 2.26 bits per heavy atom. The molecular formula is C29H34FN5O3. The molecular weight excluding hydrogens is 485 g/mol. The highest BCUT2D eigenvalue weighted by Crippen LogP contribution is 2.25. The molecule has 0 atom stereocenters. The summed E-state index contributed by atoms with van der Waals surface area (Å²) in [6.45, 7) is 8.22. The number of nitrogens with zero attached hydrogens (tertiary/aromatic N) is 4. The van der Waals surface area contributed by atoms with Gasteiger partial charge in [-0.05, 0) is 66.9 Å². The number of nitrogens with one attached hydrogen (secondary N) is 1. The fraction of sp³-hybridized carbons (Fsp3) is 0.379. The first-order valence-corrected chi connectivity index (χ1v) is 13.0. The first kappa shape index (κ1) is 27.2. The maximum absolute atomic E-state index is 14.7. The summed E-state index contributed by atoms with van der Waals surface area (Å²) in [5.41, 5.74) is 3.14. The average Bonchev–Trinajstić information content (AvgIpc) is 2.97. The molecule has 1 amide bonds. The van der Waals surface area contributed by atoms with Gasteiger partial charge in [0.1, 0.15) is 0 Å². The highest BCUT2D eigenvalue weighted by Gasteiger charge is 2.21. The van der Waals surface area contributed by atoms with Crippen LogP contribution >= 0.6 is 0 Å². The average molecular weight is 520 g/mol. The van der Waals surface area contributed by atoms with Crippen LogP contribution in [0, 0.1) is 5.82 Å². The van der Waals surface area contributed by atoms with E-state index in [1.165, 1.54) is 13.2 Å². The molecule has 0 spiro atoms. The van der Waals surface area contributed by atoms with Crippen molar-refractivity contribution in [1.82, 2.24) is 19.8 Å². The molecule has 0 unspecified atom stereocenters. The van der Waals surface area contributed by atoms with E-state index in [1.807, 2.05) is 29.2 Å². The topological polar surface area (TPSA) is 87.7 Å². The first-order chi connectivity index (χ1) is 18.4. The number of anilines is 2. The summed E-state index contributed by atoms with van der Waals surface area (Å²) in [7, 11) is 1.39. The molecule has 9 heteroatoms. The van der Waals surface area contributed by atoms with Crippen LogP contribution in [-0.2, 0) is 12.8 Å². The number of piperazine rings is 1. The van der Waals surface area contributed by atoms with Crippen molar-refractivity contribution in [1.29, 1.82) is 0 Å². The van der Waals surface area contributed by atoms with Crippen LogP contribution in [0.15, 0.2) is 48.8 Å². The van der Waals surface area contributed by atoms with Gasteiger partial charge in [-0.1, -0.05) is 13.8 Å². The number of rotatable bonds is 10. The summed E-state index contributed by atoms with van der Waals surface area (Å²) in [6.07, 6.45) is 4.62. The minimum atomic E-state index is -0.454. The molecule has 8 nitrogen and oxygen atoms in total. The van der Waals surface area contributed by atoms with Crippen LogP contribution in [0.3, 0.4) is 0 Å². The van der Waals surface area contributed by atoms with E-state index < -0.39 is 5.82 Å². The number of hydrogen-bond acceptors (Lipinski definition) is 7. The molecule has 3 aromatic rings. The molecule has 0 aliphatic carbocycles.